The van der Waals surface area contributed by atoms with Gasteiger partial charge in [0.15, 0.2) is 0 Å². The number of rotatable bonds is 2. The predicted molar refractivity (Wildman–Crippen MR) is 56.6 cm³/mol. The molecule has 2 rings (SSSR count). The van der Waals surface area contributed by atoms with Crippen molar-refractivity contribution in [1.82, 2.24) is 10.3 Å². The third kappa shape index (κ3) is 2.51. The molecule has 0 amide bonds. The average molecular weight is 241 g/mol. The first-order chi connectivity index (χ1) is 6.34. The second kappa shape index (κ2) is 4.20. The van der Waals surface area contributed by atoms with E-state index >= 15 is 0 Å². The lowest BCUT2D eigenvalue weighted by molar-refractivity contribution is 0.571. The Morgan fingerprint density at radius 2 is 2.46 bits per heavy atom. The molecule has 0 bridgehead atoms. The standard InChI is InChI=1S/C10H13BrN2/c11-9-1-2-10(13-7-9)5-8-3-4-12-6-8/h1-2,7-8,12H,3-6H2. The van der Waals surface area contributed by atoms with Gasteiger partial charge in [-0.15, -0.1) is 0 Å². The number of pyridine rings is 1. The van der Waals surface area contributed by atoms with Crippen molar-refractivity contribution in [3.8, 4) is 0 Å². The molecule has 1 aromatic heterocycles. The molecule has 3 heteroatoms. The Balaban J connectivity index is 1.97. The lowest BCUT2D eigenvalue weighted by atomic mass is 10.0. The van der Waals surface area contributed by atoms with Crippen molar-refractivity contribution in [2.75, 3.05) is 13.1 Å². The van der Waals surface area contributed by atoms with Crippen molar-refractivity contribution in [3.05, 3.63) is 28.5 Å². The van der Waals surface area contributed by atoms with E-state index in [0.29, 0.717) is 0 Å². The maximum absolute atomic E-state index is 4.37. The molecule has 13 heavy (non-hydrogen) atoms. The second-order valence-electron chi connectivity index (χ2n) is 3.53. The first kappa shape index (κ1) is 9.16. The van der Waals surface area contributed by atoms with Gasteiger partial charge >= 0.3 is 0 Å². The summed E-state index contributed by atoms with van der Waals surface area (Å²) in [7, 11) is 0. The van der Waals surface area contributed by atoms with Gasteiger partial charge in [0.05, 0.1) is 0 Å². The smallest absolute Gasteiger partial charge is 0.0413 e. The van der Waals surface area contributed by atoms with Crippen LogP contribution in [0.2, 0.25) is 0 Å². The predicted octanol–water partition coefficient (Wildman–Crippen LogP) is 2.00. The lowest BCUT2D eigenvalue weighted by Gasteiger charge is -2.06. The third-order valence-corrected chi connectivity index (χ3v) is 2.92. The SMILES string of the molecule is Brc1ccc(CC2CCNC2)nc1. The van der Waals surface area contributed by atoms with Gasteiger partial charge in [0, 0.05) is 16.4 Å². The van der Waals surface area contributed by atoms with E-state index in [1.165, 1.54) is 18.7 Å². The molecule has 1 aliphatic heterocycles. The van der Waals surface area contributed by atoms with Crippen LogP contribution in [0.1, 0.15) is 12.1 Å². The van der Waals surface area contributed by atoms with E-state index in [2.05, 4.69) is 38.4 Å². The fourth-order valence-corrected chi connectivity index (χ4v) is 1.95. The maximum Gasteiger partial charge on any atom is 0.0413 e. The van der Waals surface area contributed by atoms with Crippen molar-refractivity contribution in [1.29, 1.82) is 0 Å². The summed E-state index contributed by atoms with van der Waals surface area (Å²) < 4.78 is 1.06. The Labute approximate surface area is 86.9 Å². The van der Waals surface area contributed by atoms with E-state index < -0.39 is 0 Å². The largest absolute Gasteiger partial charge is 0.316 e. The molecule has 1 aromatic rings. The van der Waals surface area contributed by atoms with Crippen LogP contribution < -0.4 is 5.32 Å². The van der Waals surface area contributed by atoms with Crippen LogP contribution >= 0.6 is 15.9 Å². The van der Waals surface area contributed by atoms with Crippen molar-refractivity contribution >= 4 is 15.9 Å². The molecule has 1 unspecified atom stereocenters. The van der Waals surface area contributed by atoms with Gasteiger partial charge in [0.2, 0.25) is 0 Å². The molecule has 0 radical (unpaired) electrons. The Bertz CT molecular complexity index is 265. The Hall–Kier alpha value is -0.410. The summed E-state index contributed by atoms with van der Waals surface area (Å²) in [5, 5.41) is 3.37. The van der Waals surface area contributed by atoms with Gasteiger partial charge in [0.1, 0.15) is 0 Å². The highest BCUT2D eigenvalue weighted by molar-refractivity contribution is 9.10. The minimum atomic E-state index is 0.786. The molecular weight excluding hydrogens is 228 g/mol. The van der Waals surface area contributed by atoms with E-state index in [4.69, 9.17) is 0 Å². The van der Waals surface area contributed by atoms with E-state index in [-0.39, 0.29) is 0 Å². The zero-order chi connectivity index (χ0) is 9.10. The first-order valence-corrected chi connectivity index (χ1v) is 5.45. The Morgan fingerprint density at radius 1 is 1.54 bits per heavy atom. The average Bonchev–Trinajstić information content (AvgIpc) is 2.62. The van der Waals surface area contributed by atoms with Crippen LogP contribution in [0, 0.1) is 5.92 Å². The fraction of sp³-hybridized carbons (Fsp3) is 0.500. The van der Waals surface area contributed by atoms with E-state index in [1.54, 1.807) is 0 Å². The highest BCUT2D eigenvalue weighted by Gasteiger charge is 2.14. The molecule has 1 fully saturated rings. The van der Waals surface area contributed by atoms with E-state index in [1.807, 2.05) is 6.20 Å². The van der Waals surface area contributed by atoms with Crippen LogP contribution in [0.3, 0.4) is 0 Å². The quantitative estimate of drug-likeness (QED) is 0.856. The van der Waals surface area contributed by atoms with Crippen LogP contribution in [-0.2, 0) is 6.42 Å². The minimum absolute atomic E-state index is 0.786. The normalized spacial score (nSPS) is 22.1. The summed E-state index contributed by atoms with van der Waals surface area (Å²) in [5.41, 5.74) is 1.21. The van der Waals surface area contributed by atoms with E-state index in [9.17, 15) is 0 Å². The monoisotopic (exact) mass is 240 g/mol. The zero-order valence-corrected chi connectivity index (χ0v) is 9.05. The van der Waals surface area contributed by atoms with Crippen molar-refractivity contribution in [2.45, 2.75) is 12.8 Å². The Kier molecular flexibility index (Phi) is 2.96. The second-order valence-corrected chi connectivity index (χ2v) is 4.45. The highest BCUT2D eigenvalue weighted by atomic mass is 79.9. The molecule has 1 N–H and O–H groups in total. The lowest BCUT2D eigenvalue weighted by Crippen LogP contribution is -2.11. The molecule has 0 aromatic carbocycles. The highest BCUT2D eigenvalue weighted by Crippen LogP contribution is 2.15. The number of hydrogen-bond acceptors (Lipinski definition) is 2. The first-order valence-electron chi connectivity index (χ1n) is 4.66. The number of halogens is 1. The van der Waals surface area contributed by atoms with Crippen LogP contribution in [0.15, 0.2) is 22.8 Å². The van der Waals surface area contributed by atoms with Crippen molar-refractivity contribution in [3.63, 3.8) is 0 Å². The van der Waals surface area contributed by atoms with Gasteiger partial charge in [-0.2, -0.15) is 0 Å². The van der Waals surface area contributed by atoms with Gasteiger partial charge in [-0.25, -0.2) is 0 Å². The van der Waals surface area contributed by atoms with Gasteiger partial charge in [-0.05, 0) is 59.9 Å². The summed E-state index contributed by atoms with van der Waals surface area (Å²) in [4.78, 5) is 4.37. The summed E-state index contributed by atoms with van der Waals surface area (Å²) in [5.74, 6) is 0.786. The van der Waals surface area contributed by atoms with Gasteiger partial charge < -0.3 is 5.32 Å². The molecule has 2 nitrogen and oxygen atoms in total. The summed E-state index contributed by atoms with van der Waals surface area (Å²) in [6.45, 7) is 2.32. The van der Waals surface area contributed by atoms with Gasteiger partial charge in [-0.3, -0.25) is 4.98 Å². The van der Waals surface area contributed by atoms with Gasteiger partial charge in [0.25, 0.3) is 0 Å². The molecular formula is C10H13BrN2. The molecule has 1 atom stereocenters. The van der Waals surface area contributed by atoms with Crippen molar-refractivity contribution in [2.24, 2.45) is 5.92 Å². The maximum atomic E-state index is 4.37. The molecule has 2 heterocycles. The fourth-order valence-electron chi connectivity index (χ4n) is 1.71. The minimum Gasteiger partial charge on any atom is -0.316 e. The molecule has 0 aliphatic carbocycles. The van der Waals surface area contributed by atoms with Crippen LogP contribution in [0.25, 0.3) is 0 Å². The summed E-state index contributed by atoms with van der Waals surface area (Å²) >= 11 is 3.38. The van der Waals surface area contributed by atoms with Crippen LogP contribution in [-0.4, -0.2) is 18.1 Å². The molecule has 0 spiro atoms. The van der Waals surface area contributed by atoms with Crippen LogP contribution in [0.5, 0.6) is 0 Å². The number of nitrogens with zero attached hydrogens (tertiary/aromatic N) is 1. The summed E-state index contributed by atoms with van der Waals surface area (Å²) in [6.07, 6.45) is 4.27. The van der Waals surface area contributed by atoms with E-state index in [0.717, 1.165) is 23.4 Å². The molecule has 1 saturated heterocycles. The van der Waals surface area contributed by atoms with Crippen LogP contribution in [0.4, 0.5) is 0 Å². The third-order valence-electron chi connectivity index (χ3n) is 2.45. The summed E-state index contributed by atoms with van der Waals surface area (Å²) in [6, 6.07) is 4.16. The number of nitrogens with one attached hydrogen (secondary N) is 1. The molecule has 0 saturated carbocycles. The number of hydrogen-bond donors (Lipinski definition) is 1. The van der Waals surface area contributed by atoms with Gasteiger partial charge in [-0.1, -0.05) is 0 Å². The number of aromatic nitrogens is 1. The Morgan fingerprint density at radius 3 is 3.08 bits per heavy atom. The topological polar surface area (TPSA) is 24.9 Å². The molecule has 70 valence electrons. The zero-order valence-electron chi connectivity index (χ0n) is 7.46. The van der Waals surface area contributed by atoms with Crippen molar-refractivity contribution < 1.29 is 0 Å². The molecule has 1 aliphatic rings.